The Morgan fingerprint density at radius 2 is 1.83 bits per heavy atom. The zero-order valence-corrected chi connectivity index (χ0v) is 13.0. The number of rotatable bonds is 4. The van der Waals surface area contributed by atoms with Gasteiger partial charge in [-0.1, -0.05) is 36.4 Å². The number of hydrogen-bond acceptors (Lipinski definition) is 4. The third-order valence-corrected chi connectivity index (χ3v) is 3.61. The van der Waals surface area contributed by atoms with Crippen LogP contribution in [-0.4, -0.2) is 17.2 Å². The molecule has 0 fully saturated rings. The van der Waals surface area contributed by atoms with Crippen molar-refractivity contribution in [3.05, 3.63) is 65.7 Å². The van der Waals surface area contributed by atoms with Crippen molar-refractivity contribution in [1.82, 2.24) is 4.98 Å². The number of oxazole rings is 1. The molecule has 0 atom stereocenters. The summed E-state index contributed by atoms with van der Waals surface area (Å²) in [5.41, 5.74) is 4.66. The van der Waals surface area contributed by atoms with Gasteiger partial charge < -0.3 is 14.3 Å². The van der Waals surface area contributed by atoms with E-state index in [0.717, 1.165) is 27.9 Å². The van der Waals surface area contributed by atoms with E-state index < -0.39 is 0 Å². The number of benzene rings is 2. The predicted octanol–water partition coefficient (Wildman–Crippen LogP) is 4.53. The Bertz CT molecular complexity index is 819. The summed E-state index contributed by atoms with van der Waals surface area (Å²) in [6.45, 7) is 1.85. The Balaban J connectivity index is 1.81. The van der Waals surface area contributed by atoms with E-state index in [1.165, 1.54) is 6.39 Å². The molecule has 0 spiro atoms. The first-order chi connectivity index (χ1) is 11.2. The Hall–Kier alpha value is -3.01. The molecule has 1 N–H and O–H groups in total. The highest BCUT2D eigenvalue weighted by atomic mass is 16.5. The van der Waals surface area contributed by atoms with E-state index in [0.29, 0.717) is 5.75 Å². The number of aromatic nitrogens is 1. The van der Waals surface area contributed by atoms with Crippen molar-refractivity contribution in [1.29, 1.82) is 0 Å². The largest absolute Gasteiger partial charge is 0.504 e. The maximum Gasteiger partial charge on any atom is 0.181 e. The van der Waals surface area contributed by atoms with Gasteiger partial charge >= 0.3 is 0 Å². The highest BCUT2D eigenvalue weighted by molar-refractivity contribution is 5.73. The minimum absolute atomic E-state index is 0.182. The normalized spacial score (nSPS) is 11.0. The fourth-order valence-corrected chi connectivity index (χ4v) is 2.34. The van der Waals surface area contributed by atoms with Gasteiger partial charge in [0, 0.05) is 5.56 Å². The summed E-state index contributed by atoms with van der Waals surface area (Å²) in [6, 6.07) is 11.8. The number of methoxy groups -OCH3 is 1. The third-order valence-electron chi connectivity index (χ3n) is 3.61. The molecule has 0 saturated heterocycles. The molecule has 0 aliphatic heterocycles. The lowest BCUT2D eigenvalue weighted by molar-refractivity contribution is 0.371. The number of hydrogen-bond donors (Lipinski definition) is 1. The van der Waals surface area contributed by atoms with E-state index >= 15 is 0 Å². The van der Waals surface area contributed by atoms with Gasteiger partial charge in [0.25, 0.3) is 0 Å². The van der Waals surface area contributed by atoms with Crippen molar-refractivity contribution in [3.63, 3.8) is 0 Å². The van der Waals surface area contributed by atoms with Gasteiger partial charge in [0.2, 0.25) is 0 Å². The van der Waals surface area contributed by atoms with Crippen LogP contribution >= 0.6 is 0 Å². The minimum atomic E-state index is 0.182. The van der Waals surface area contributed by atoms with Gasteiger partial charge in [-0.2, -0.15) is 0 Å². The van der Waals surface area contributed by atoms with Crippen LogP contribution in [0, 0.1) is 6.92 Å². The van der Waals surface area contributed by atoms with Crippen molar-refractivity contribution in [2.45, 2.75) is 6.92 Å². The van der Waals surface area contributed by atoms with Crippen LogP contribution < -0.4 is 4.74 Å². The third kappa shape index (κ3) is 3.26. The van der Waals surface area contributed by atoms with Gasteiger partial charge in [-0.3, -0.25) is 0 Å². The average Bonchev–Trinajstić information content (AvgIpc) is 3.11. The van der Waals surface area contributed by atoms with E-state index in [-0.39, 0.29) is 5.75 Å². The van der Waals surface area contributed by atoms with Gasteiger partial charge in [-0.15, -0.1) is 0 Å². The second-order valence-electron chi connectivity index (χ2n) is 5.22. The van der Waals surface area contributed by atoms with Crippen LogP contribution in [0.25, 0.3) is 23.4 Å². The van der Waals surface area contributed by atoms with Crippen molar-refractivity contribution in [3.8, 4) is 22.8 Å². The molecular weight excluding hydrogens is 290 g/mol. The summed E-state index contributed by atoms with van der Waals surface area (Å²) in [5.74, 6) is 0.660. The summed E-state index contributed by atoms with van der Waals surface area (Å²) in [4.78, 5) is 4.12. The summed E-state index contributed by atoms with van der Waals surface area (Å²) >= 11 is 0. The smallest absolute Gasteiger partial charge is 0.181 e. The molecule has 116 valence electrons. The topological polar surface area (TPSA) is 55.5 Å². The monoisotopic (exact) mass is 307 g/mol. The fraction of sp³-hybridized carbons (Fsp3) is 0.105. The molecule has 4 nitrogen and oxygen atoms in total. The summed E-state index contributed by atoms with van der Waals surface area (Å²) in [7, 11) is 1.55. The lowest BCUT2D eigenvalue weighted by Gasteiger charge is -2.07. The number of phenolic OH excluding ortho intramolecular Hbond substituents is 1. The second-order valence-corrected chi connectivity index (χ2v) is 5.22. The molecule has 2 aromatic carbocycles. The Kier molecular flexibility index (Phi) is 4.15. The number of aryl methyl sites for hydroxylation is 1. The van der Waals surface area contributed by atoms with Crippen LogP contribution in [-0.2, 0) is 0 Å². The number of aromatic hydroxyl groups is 1. The maximum atomic E-state index is 9.87. The van der Waals surface area contributed by atoms with E-state index in [1.54, 1.807) is 13.4 Å². The first-order valence-electron chi connectivity index (χ1n) is 7.21. The SMILES string of the molecule is COc1cc(/C=C/c2ccc(-c3cocn3)cc2)cc(C)c1O. The molecule has 0 aliphatic carbocycles. The highest BCUT2D eigenvalue weighted by Crippen LogP contribution is 2.31. The van der Waals surface area contributed by atoms with Crippen LogP contribution in [0.1, 0.15) is 16.7 Å². The molecule has 0 radical (unpaired) electrons. The Morgan fingerprint density at radius 3 is 2.48 bits per heavy atom. The van der Waals surface area contributed by atoms with Gasteiger partial charge in [0.05, 0.1) is 7.11 Å². The summed E-state index contributed by atoms with van der Waals surface area (Å²) in [5, 5.41) is 9.87. The number of ether oxygens (including phenoxy) is 1. The van der Waals surface area contributed by atoms with Crippen LogP contribution in [0.15, 0.2) is 53.5 Å². The lowest BCUT2D eigenvalue weighted by Crippen LogP contribution is -1.87. The van der Waals surface area contributed by atoms with Gasteiger partial charge in [-0.05, 0) is 35.7 Å². The molecule has 0 unspecified atom stereocenters. The van der Waals surface area contributed by atoms with Crippen molar-refractivity contribution >= 4 is 12.2 Å². The summed E-state index contributed by atoms with van der Waals surface area (Å²) in [6.07, 6.45) is 7.04. The van der Waals surface area contributed by atoms with E-state index in [1.807, 2.05) is 55.5 Å². The molecule has 0 amide bonds. The van der Waals surface area contributed by atoms with Crippen molar-refractivity contribution in [2.75, 3.05) is 7.11 Å². The molecule has 0 bridgehead atoms. The van der Waals surface area contributed by atoms with Crippen LogP contribution in [0.3, 0.4) is 0 Å². The molecule has 1 aromatic heterocycles. The highest BCUT2D eigenvalue weighted by Gasteiger charge is 2.05. The Morgan fingerprint density at radius 1 is 1.09 bits per heavy atom. The van der Waals surface area contributed by atoms with Crippen molar-refractivity contribution in [2.24, 2.45) is 0 Å². The molecule has 0 aliphatic rings. The molecule has 3 rings (SSSR count). The molecule has 23 heavy (non-hydrogen) atoms. The molecule has 4 heteroatoms. The molecule has 3 aromatic rings. The van der Waals surface area contributed by atoms with Gasteiger partial charge in [0.1, 0.15) is 12.0 Å². The van der Waals surface area contributed by atoms with Gasteiger partial charge in [-0.25, -0.2) is 4.98 Å². The van der Waals surface area contributed by atoms with E-state index in [2.05, 4.69) is 4.98 Å². The second kappa shape index (κ2) is 6.40. The van der Waals surface area contributed by atoms with Crippen LogP contribution in [0.2, 0.25) is 0 Å². The first kappa shape index (κ1) is 14.9. The Labute approximate surface area is 134 Å². The molecular formula is C19H17NO3. The average molecular weight is 307 g/mol. The predicted molar refractivity (Wildman–Crippen MR) is 90.3 cm³/mol. The molecule has 1 heterocycles. The zero-order chi connectivity index (χ0) is 16.2. The quantitative estimate of drug-likeness (QED) is 0.719. The van der Waals surface area contributed by atoms with Gasteiger partial charge in [0.15, 0.2) is 17.9 Å². The number of phenols is 1. The molecule has 0 saturated carbocycles. The zero-order valence-electron chi connectivity index (χ0n) is 13.0. The minimum Gasteiger partial charge on any atom is -0.504 e. The standard InChI is InChI=1S/C19H17NO3/c1-13-9-15(10-18(22-2)19(13)21)4-3-14-5-7-16(8-6-14)17-11-23-12-20-17/h3-12,21H,1-2H3/b4-3+. The maximum absolute atomic E-state index is 9.87. The van der Waals surface area contributed by atoms with Crippen LogP contribution in [0.4, 0.5) is 0 Å². The number of nitrogens with zero attached hydrogens (tertiary/aromatic N) is 1. The van der Waals surface area contributed by atoms with E-state index in [4.69, 9.17) is 9.15 Å². The summed E-state index contributed by atoms with van der Waals surface area (Å²) < 4.78 is 10.2. The fourth-order valence-electron chi connectivity index (χ4n) is 2.34. The van der Waals surface area contributed by atoms with Crippen molar-refractivity contribution < 1.29 is 14.3 Å². The first-order valence-corrected chi connectivity index (χ1v) is 7.21. The van der Waals surface area contributed by atoms with Crippen LogP contribution in [0.5, 0.6) is 11.5 Å². The van der Waals surface area contributed by atoms with E-state index in [9.17, 15) is 5.11 Å². The lowest BCUT2D eigenvalue weighted by atomic mass is 10.1.